The summed E-state index contributed by atoms with van der Waals surface area (Å²) in [7, 11) is 0. The van der Waals surface area contributed by atoms with Crippen LogP contribution >= 0.6 is 11.6 Å². The summed E-state index contributed by atoms with van der Waals surface area (Å²) < 4.78 is 6.12. The van der Waals surface area contributed by atoms with Gasteiger partial charge in [0.2, 0.25) is 0 Å². The molecule has 0 bridgehead atoms. The van der Waals surface area contributed by atoms with Crippen molar-refractivity contribution < 1.29 is 4.74 Å². The first-order valence-electron chi connectivity index (χ1n) is 7.41. The highest BCUT2D eigenvalue weighted by Crippen LogP contribution is 2.30. The Hall–Kier alpha value is -1.51. The molecule has 112 valence electrons. The Morgan fingerprint density at radius 2 is 1.71 bits per heavy atom. The van der Waals surface area contributed by atoms with Gasteiger partial charge in [0.15, 0.2) is 0 Å². The lowest BCUT2D eigenvalue weighted by Crippen LogP contribution is -2.31. The third kappa shape index (κ3) is 3.99. The largest absolute Gasteiger partial charge is 0.484 e. The zero-order chi connectivity index (χ0) is 15.2. The Morgan fingerprint density at radius 1 is 1.05 bits per heavy atom. The van der Waals surface area contributed by atoms with E-state index in [0.717, 1.165) is 24.2 Å². The van der Waals surface area contributed by atoms with Gasteiger partial charge in [-0.25, -0.2) is 0 Å². The number of hydrogen-bond acceptors (Lipinski definition) is 2. The van der Waals surface area contributed by atoms with Gasteiger partial charge in [0.05, 0.1) is 0 Å². The molecule has 0 amide bonds. The normalized spacial score (nSPS) is 13.7. The van der Waals surface area contributed by atoms with Crippen LogP contribution in [0.3, 0.4) is 0 Å². The smallest absolute Gasteiger partial charge is 0.140 e. The second kappa shape index (κ2) is 7.48. The molecule has 0 saturated carbocycles. The van der Waals surface area contributed by atoms with E-state index in [1.54, 1.807) is 0 Å². The van der Waals surface area contributed by atoms with Crippen LogP contribution in [-0.2, 0) is 6.42 Å². The third-order valence-electron chi connectivity index (χ3n) is 3.67. The summed E-state index contributed by atoms with van der Waals surface area (Å²) in [5, 5.41) is 0.691. The third-order valence-corrected chi connectivity index (χ3v) is 4.01. The molecule has 0 fully saturated rings. The number of ether oxygens (including phenoxy) is 1. The van der Waals surface area contributed by atoms with E-state index in [2.05, 4.69) is 26.0 Å². The highest BCUT2D eigenvalue weighted by Gasteiger charge is 2.22. The molecule has 0 aliphatic rings. The molecule has 3 heteroatoms. The van der Waals surface area contributed by atoms with Crippen molar-refractivity contribution in [1.29, 1.82) is 0 Å². The van der Waals surface area contributed by atoms with Crippen LogP contribution < -0.4 is 10.5 Å². The number of aryl methyl sites for hydroxylation is 1. The predicted molar refractivity (Wildman–Crippen MR) is 88.9 cm³/mol. The number of halogens is 1. The van der Waals surface area contributed by atoms with Crippen molar-refractivity contribution in [1.82, 2.24) is 0 Å². The van der Waals surface area contributed by atoms with Crippen LogP contribution in [0, 0.1) is 0 Å². The number of hydrogen-bond donors (Lipinski definition) is 1. The molecule has 2 aromatic carbocycles. The monoisotopic (exact) mass is 303 g/mol. The van der Waals surface area contributed by atoms with Crippen LogP contribution in [0.5, 0.6) is 5.75 Å². The Bertz CT molecular complexity index is 568. The van der Waals surface area contributed by atoms with E-state index < -0.39 is 0 Å². The maximum absolute atomic E-state index is 6.30. The van der Waals surface area contributed by atoms with E-state index in [-0.39, 0.29) is 12.1 Å². The van der Waals surface area contributed by atoms with Crippen molar-refractivity contribution in [3.8, 4) is 5.75 Å². The maximum atomic E-state index is 6.30. The zero-order valence-electron chi connectivity index (χ0n) is 12.6. The molecule has 0 saturated heterocycles. The minimum absolute atomic E-state index is 0.101. The minimum Gasteiger partial charge on any atom is -0.484 e. The first-order chi connectivity index (χ1) is 10.2. The first kappa shape index (κ1) is 15.9. The molecule has 0 aliphatic heterocycles. The average molecular weight is 304 g/mol. The summed E-state index contributed by atoms with van der Waals surface area (Å²) in [5.74, 6) is 0.820. The van der Waals surface area contributed by atoms with Crippen molar-refractivity contribution in [3.63, 3.8) is 0 Å². The predicted octanol–water partition coefficient (Wildman–Crippen LogP) is 4.76. The molecule has 0 aliphatic carbocycles. The van der Waals surface area contributed by atoms with Gasteiger partial charge in [0, 0.05) is 16.6 Å². The van der Waals surface area contributed by atoms with Gasteiger partial charge in [0.1, 0.15) is 11.9 Å². The van der Waals surface area contributed by atoms with Crippen LogP contribution in [0.1, 0.15) is 37.5 Å². The van der Waals surface area contributed by atoms with Crippen molar-refractivity contribution >= 4 is 11.6 Å². The van der Waals surface area contributed by atoms with Crippen molar-refractivity contribution in [2.45, 2.75) is 38.8 Å². The molecule has 0 radical (unpaired) electrons. The van der Waals surface area contributed by atoms with E-state index in [9.17, 15) is 0 Å². The minimum atomic E-state index is -0.240. The van der Waals surface area contributed by atoms with Crippen LogP contribution in [0.15, 0.2) is 48.5 Å². The van der Waals surface area contributed by atoms with Crippen LogP contribution in [-0.4, -0.2) is 6.04 Å². The van der Waals surface area contributed by atoms with Gasteiger partial charge >= 0.3 is 0 Å². The Morgan fingerprint density at radius 3 is 2.29 bits per heavy atom. The molecule has 2 unspecified atom stereocenters. The van der Waals surface area contributed by atoms with Crippen molar-refractivity contribution in [2.24, 2.45) is 5.73 Å². The highest BCUT2D eigenvalue weighted by atomic mass is 35.5. The second-order valence-corrected chi connectivity index (χ2v) is 5.54. The van der Waals surface area contributed by atoms with Crippen LogP contribution in [0.2, 0.25) is 5.02 Å². The van der Waals surface area contributed by atoms with Gasteiger partial charge in [-0.1, -0.05) is 55.8 Å². The van der Waals surface area contributed by atoms with E-state index >= 15 is 0 Å². The van der Waals surface area contributed by atoms with Crippen molar-refractivity contribution in [2.75, 3.05) is 0 Å². The van der Waals surface area contributed by atoms with Crippen molar-refractivity contribution in [3.05, 3.63) is 64.7 Å². The lowest BCUT2D eigenvalue weighted by Gasteiger charge is -2.25. The van der Waals surface area contributed by atoms with E-state index in [4.69, 9.17) is 22.1 Å². The van der Waals surface area contributed by atoms with E-state index in [1.807, 2.05) is 36.4 Å². The number of benzene rings is 2. The van der Waals surface area contributed by atoms with Gasteiger partial charge in [-0.2, -0.15) is 0 Å². The van der Waals surface area contributed by atoms with Crippen LogP contribution in [0.25, 0.3) is 0 Å². The SMILES string of the molecule is CCc1ccc(OC(c2ccccc2Cl)C(N)CC)cc1. The van der Waals surface area contributed by atoms with E-state index in [1.165, 1.54) is 5.56 Å². The van der Waals surface area contributed by atoms with Gasteiger partial charge in [-0.05, 0) is 36.6 Å². The molecule has 2 aromatic rings. The second-order valence-electron chi connectivity index (χ2n) is 5.13. The average Bonchev–Trinajstić information content (AvgIpc) is 2.53. The van der Waals surface area contributed by atoms with E-state index in [0.29, 0.717) is 5.02 Å². The Balaban J connectivity index is 2.26. The Kier molecular flexibility index (Phi) is 5.66. The van der Waals surface area contributed by atoms with Gasteiger partial charge in [0.25, 0.3) is 0 Å². The summed E-state index contributed by atoms with van der Waals surface area (Å²) in [5.41, 5.74) is 8.46. The number of nitrogens with two attached hydrogens (primary N) is 1. The zero-order valence-corrected chi connectivity index (χ0v) is 13.3. The summed E-state index contributed by atoms with van der Waals surface area (Å²) in [6.45, 7) is 4.19. The molecular weight excluding hydrogens is 282 g/mol. The molecule has 2 N–H and O–H groups in total. The number of rotatable bonds is 6. The summed E-state index contributed by atoms with van der Waals surface area (Å²) in [6.07, 6.45) is 1.60. The van der Waals surface area contributed by atoms with Gasteiger partial charge in [-0.15, -0.1) is 0 Å². The topological polar surface area (TPSA) is 35.2 Å². The maximum Gasteiger partial charge on any atom is 0.140 e. The standard InChI is InChI=1S/C18H22ClNO/c1-3-13-9-11-14(12-10-13)21-18(17(20)4-2)15-7-5-6-8-16(15)19/h5-12,17-18H,3-4,20H2,1-2H3. The Labute approximate surface area is 131 Å². The lowest BCUT2D eigenvalue weighted by molar-refractivity contribution is 0.171. The molecule has 2 rings (SSSR count). The fraction of sp³-hybridized carbons (Fsp3) is 0.333. The fourth-order valence-electron chi connectivity index (χ4n) is 2.25. The van der Waals surface area contributed by atoms with Gasteiger partial charge < -0.3 is 10.5 Å². The molecule has 0 heterocycles. The summed E-state index contributed by atoms with van der Waals surface area (Å²) in [4.78, 5) is 0. The first-order valence-corrected chi connectivity index (χ1v) is 7.79. The molecule has 0 spiro atoms. The molecular formula is C18H22ClNO. The lowest BCUT2D eigenvalue weighted by atomic mass is 10.0. The summed E-state index contributed by atoms with van der Waals surface area (Å²) in [6, 6.07) is 15.8. The molecule has 2 nitrogen and oxygen atoms in total. The summed E-state index contributed by atoms with van der Waals surface area (Å²) >= 11 is 6.30. The van der Waals surface area contributed by atoms with Gasteiger partial charge in [-0.3, -0.25) is 0 Å². The fourth-order valence-corrected chi connectivity index (χ4v) is 2.50. The molecule has 0 aromatic heterocycles. The molecule has 21 heavy (non-hydrogen) atoms. The quantitative estimate of drug-likeness (QED) is 0.835. The van der Waals surface area contributed by atoms with Crippen LogP contribution in [0.4, 0.5) is 0 Å². The highest BCUT2D eigenvalue weighted by molar-refractivity contribution is 6.31. The molecule has 2 atom stereocenters.